The molecule has 1 aliphatic heterocycles. The fraction of sp³-hybridized carbons (Fsp3) is 0.0625. The summed E-state index contributed by atoms with van der Waals surface area (Å²) in [5, 5.41) is 31.9. The second kappa shape index (κ2) is 6.47. The van der Waals surface area contributed by atoms with Gasteiger partial charge in [0.2, 0.25) is 5.96 Å². The Morgan fingerprint density at radius 1 is 1.11 bits per heavy atom. The lowest BCUT2D eigenvalue weighted by Gasteiger charge is -2.26. The molecule has 6 N–H and O–H groups in total. The highest BCUT2D eigenvalue weighted by Gasteiger charge is 2.33. The minimum absolute atomic E-state index is 0.00266. The van der Waals surface area contributed by atoms with Gasteiger partial charge in [-0.1, -0.05) is 0 Å². The molecule has 1 aromatic heterocycles. The lowest BCUT2D eigenvalue weighted by molar-refractivity contribution is 0.541. The molecular formula is C16H9F2N9. The molecule has 1 unspecified atom stereocenters. The van der Waals surface area contributed by atoms with Gasteiger partial charge < -0.3 is 16.8 Å². The Kier molecular flexibility index (Phi) is 4.17. The van der Waals surface area contributed by atoms with E-state index in [2.05, 4.69) is 20.6 Å². The predicted molar refractivity (Wildman–Crippen MR) is 90.5 cm³/mol. The molecular weight excluding hydrogens is 356 g/mol. The molecule has 2 aromatic rings. The van der Waals surface area contributed by atoms with Crippen molar-refractivity contribution < 1.29 is 8.78 Å². The molecule has 0 spiro atoms. The van der Waals surface area contributed by atoms with Crippen molar-refractivity contribution in [3.05, 3.63) is 46.0 Å². The molecule has 0 saturated carbocycles. The molecule has 0 fully saturated rings. The van der Waals surface area contributed by atoms with Gasteiger partial charge in [-0.25, -0.2) is 18.8 Å². The number of fused-ring (bicyclic) bond motifs is 1. The van der Waals surface area contributed by atoms with Gasteiger partial charge in [-0.3, -0.25) is 5.32 Å². The van der Waals surface area contributed by atoms with Crippen LogP contribution < -0.4 is 22.1 Å². The maximum atomic E-state index is 14.7. The molecule has 3 rings (SSSR count). The van der Waals surface area contributed by atoms with Crippen molar-refractivity contribution in [3.8, 4) is 18.3 Å². The summed E-state index contributed by atoms with van der Waals surface area (Å²) in [6.45, 7) is 0. The van der Waals surface area contributed by atoms with Gasteiger partial charge >= 0.3 is 0 Å². The number of nitriles is 3. The van der Waals surface area contributed by atoms with Gasteiger partial charge in [0.15, 0.2) is 6.19 Å². The van der Waals surface area contributed by atoms with Gasteiger partial charge in [-0.05, 0) is 12.1 Å². The van der Waals surface area contributed by atoms with Crippen LogP contribution in [0.1, 0.15) is 28.3 Å². The molecule has 27 heavy (non-hydrogen) atoms. The molecule has 0 aliphatic carbocycles. The van der Waals surface area contributed by atoms with E-state index in [1.54, 1.807) is 18.3 Å². The van der Waals surface area contributed by atoms with Gasteiger partial charge in [0.25, 0.3) is 0 Å². The standard InChI is InChI=1S/C16H9F2N9/c17-8-2-1-6(3-19)11(18)9(8)13-10-12(22)7(4-20)14(23)26-15(10)27-16(25-13)24-5-21/h1-2,13H,(H6,22,23,24,25,26,27). The fourth-order valence-corrected chi connectivity index (χ4v) is 2.70. The second-order valence-corrected chi connectivity index (χ2v) is 5.34. The summed E-state index contributed by atoms with van der Waals surface area (Å²) in [7, 11) is 0. The van der Waals surface area contributed by atoms with Crippen LogP contribution in [0.25, 0.3) is 0 Å². The van der Waals surface area contributed by atoms with Gasteiger partial charge in [0, 0.05) is 5.56 Å². The number of nitrogens with two attached hydrogens (primary N) is 2. The summed E-state index contributed by atoms with van der Waals surface area (Å²) in [4.78, 5) is 8.04. The zero-order valence-corrected chi connectivity index (χ0v) is 13.4. The number of aliphatic imine (C=N–C) groups is 1. The van der Waals surface area contributed by atoms with E-state index in [1.165, 1.54) is 0 Å². The summed E-state index contributed by atoms with van der Waals surface area (Å²) in [5.41, 5.74) is 10.4. The van der Waals surface area contributed by atoms with Gasteiger partial charge in [-0.2, -0.15) is 15.8 Å². The molecule has 2 heterocycles. The number of nitrogen functional groups attached to an aromatic ring is 2. The number of benzene rings is 1. The van der Waals surface area contributed by atoms with E-state index >= 15 is 0 Å². The number of hydrogen-bond donors (Lipinski definition) is 4. The third kappa shape index (κ3) is 2.68. The first-order valence-corrected chi connectivity index (χ1v) is 7.29. The minimum atomic E-state index is -1.41. The van der Waals surface area contributed by atoms with E-state index < -0.39 is 28.8 Å². The van der Waals surface area contributed by atoms with Crippen LogP contribution in [0.3, 0.4) is 0 Å². The number of hydrogen-bond acceptors (Lipinski definition) is 9. The van der Waals surface area contributed by atoms with Gasteiger partial charge in [0.1, 0.15) is 47.0 Å². The van der Waals surface area contributed by atoms with Crippen molar-refractivity contribution in [2.75, 3.05) is 16.8 Å². The van der Waals surface area contributed by atoms with Crippen LogP contribution in [0.4, 0.5) is 26.1 Å². The van der Waals surface area contributed by atoms with Crippen molar-refractivity contribution in [3.63, 3.8) is 0 Å². The number of rotatable bonds is 1. The average molecular weight is 365 g/mol. The fourth-order valence-electron chi connectivity index (χ4n) is 2.70. The van der Waals surface area contributed by atoms with Gasteiger partial charge in [-0.15, -0.1) is 0 Å². The molecule has 1 aromatic carbocycles. The Morgan fingerprint density at radius 3 is 2.48 bits per heavy atom. The van der Waals surface area contributed by atoms with Crippen molar-refractivity contribution in [2.45, 2.75) is 6.04 Å². The first kappa shape index (κ1) is 17.4. The highest BCUT2D eigenvalue weighted by atomic mass is 19.1. The number of nitrogens with zero attached hydrogens (tertiary/aromatic N) is 5. The summed E-state index contributed by atoms with van der Waals surface area (Å²) >= 11 is 0. The van der Waals surface area contributed by atoms with Crippen molar-refractivity contribution in [2.24, 2.45) is 4.99 Å². The number of nitrogens with one attached hydrogen (secondary N) is 2. The first-order valence-electron chi connectivity index (χ1n) is 7.29. The van der Waals surface area contributed by atoms with Crippen LogP contribution in [0, 0.1) is 45.8 Å². The van der Waals surface area contributed by atoms with E-state index in [4.69, 9.17) is 22.0 Å². The van der Waals surface area contributed by atoms with E-state index in [0.29, 0.717) is 0 Å². The van der Waals surface area contributed by atoms with Crippen LogP contribution in [-0.4, -0.2) is 10.9 Å². The molecule has 0 saturated heterocycles. The molecule has 0 radical (unpaired) electrons. The second-order valence-electron chi connectivity index (χ2n) is 5.34. The highest BCUT2D eigenvalue weighted by Crippen LogP contribution is 2.42. The third-order valence-electron chi connectivity index (χ3n) is 3.88. The Morgan fingerprint density at radius 2 is 1.85 bits per heavy atom. The van der Waals surface area contributed by atoms with E-state index in [1.807, 2.05) is 0 Å². The molecule has 0 amide bonds. The summed E-state index contributed by atoms with van der Waals surface area (Å²) in [5.74, 6) is -2.51. The zero-order chi connectivity index (χ0) is 19.7. The smallest absolute Gasteiger partial charge is 0.211 e. The van der Waals surface area contributed by atoms with Crippen LogP contribution in [0.15, 0.2) is 17.1 Å². The number of guanidine groups is 1. The lowest BCUT2D eigenvalue weighted by atomic mass is 9.93. The van der Waals surface area contributed by atoms with Crippen molar-refractivity contribution >= 4 is 23.3 Å². The maximum Gasteiger partial charge on any atom is 0.211 e. The topological polar surface area (TPSA) is 173 Å². The molecule has 132 valence electrons. The van der Waals surface area contributed by atoms with E-state index in [0.717, 1.165) is 12.1 Å². The van der Waals surface area contributed by atoms with E-state index in [9.17, 15) is 14.0 Å². The number of pyridine rings is 1. The lowest BCUT2D eigenvalue weighted by Crippen LogP contribution is -2.33. The van der Waals surface area contributed by atoms with Crippen LogP contribution in [0.5, 0.6) is 0 Å². The van der Waals surface area contributed by atoms with Crippen LogP contribution in [0.2, 0.25) is 0 Å². The molecule has 0 bridgehead atoms. The Hall–Kier alpha value is -4.43. The largest absolute Gasteiger partial charge is 0.397 e. The Labute approximate surface area is 151 Å². The first-order chi connectivity index (χ1) is 12.9. The summed E-state index contributed by atoms with van der Waals surface area (Å²) in [6.07, 6.45) is 1.62. The Balaban J connectivity index is 2.36. The summed E-state index contributed by atoms with van der Waals surface area (Å²) in [6, 6.07) is 3.88. The SMILES string of the molecule is N#CNC1=NC(c2c(F)ccc(C#N)c2F)c2c(nc(N)c(C#N)c2N)N1. The van der Waals surface area contributed by atoms with E-state index in [-0.39, 0.29) is 34.4 Å². The monoisotopic (exact) mass is 365 g/mol. The third-order valence-corrected chi connectivity index (χ3v) is 3.88. The van der Waals surface area contributed by atoms with Crippen molar-refractivity contribution in [1.29, 1.82) is 15.8 Å². The van der Waals surface area contributed by atoms with Crippen LogP contribution >= 0.6 is 0 Å². The highest BCUT2D eigenvalue weighted by molar-refractivity contribution is 5.98. The number of halogens is 2. The van der Waals surface area contributed by atoms with Crippen molar-refractivity contribution in [1.82, 2.24) is 10.3 Å². The quantitative estimate of drug-likeness (QED) is 0.431. The molecule has 1 aliphatic rings. The maximum absolute atomic E-state index is 14.7. The normalized spacial score (nSPS) is 14.6. The van der Waals surface area contributed by atoms with Gasteiger partial charge in [0.05, 0.1) is 16.8 Å². The minimum Gasteiger partial charge on any atom is -0.397 e. The summed E-state index contributed by atoms with van der Waals surface area (Å²) < 4.78 is 29.2. The zero-order valence-electron chi connectivity index (χ0n) is 13.4. The van der Waals surface area contributed by atoms with Crippen LogP contribution in [-0.2, 0) is 0 Å². The molecule has 11 heteroatoms. The molecule has 1 atom stereocenters. The Bertz CT molecular complexity index is 1120. The predicted octanol–water partition coefficient (Wildman–Crippen LogP) is 1.21. The average Bonchev–Trinajstić information content (AvgIpc) is 2.62. The molecule has 9 nitrogen and oxygen atoms in total. The number of aromatic nitrogens is 1. The number of anilines is 3.